The second-order valence-corrected chi connectivity index (χ2v) is 8.48. The summed E-state index contributed by atoms with van der Waals surface area (Å²) >= 11 is 1.76. The Morgan fingerprint density at radius 3 is 2.88 bits per heavy atom. The van der Waals surface area contributed by atoms with Crippen molar-refractivity contribution in [1.29, 1.82) is 0 Å². The molecule has 1 aromatic rings. The van der Waals surface area contributed by atoms with Crippen molar-refractivity contribution in [3.8, 4) is 0 Å². The molecule has 24 heavy (non-hydrogen) atoms. The number of amides is 1. The average Bonchev–Trinajstić information content (AvgIpc) is 3.15. The first-order chi connectivity index (χ1) is 11.8. The van der Waals surface area contributed by atoms with Gasteiger partial charge in [-0.3, -0.25) is 9.69 Å². The predicted octanol–water partition coefficient (Wildman–Crippen LogP) is 2.36. The summed E-state index contributed by atoms with van der Waals surface area (Å²) in [7, 11) is 0. The molecule has 1 N–H and O–H groups in total. The van der Waals surface area contributed by atoms with Crippen LogP contribution in [0.25, 0.3) is 0 Å². The lowest BCUT2D eigenvalue weighted by Gasteiger charge is -2.36. The van der Waals surface area contributed by atoms with Gasteiger partial charge in [0, 0.05) is 32.2 Å². The molecule has 1 amide bonds. The van der Waals surface area contributed by atoms with E-state index >= 15 is 0 Å². The van der Waals surface area contributed by atoms with Crippen LogP contribution in [0, 0.1) is 5.92 Å². The van der Waals surface area contributed by atoms with E-state index in [1.54, 1.807) is 11.3 Å². The van der Waals surface area contributed by atoms with Gasteiger partial charge in [0.05, 0.1) is 6.04 Å². The summed E-state index contributed by atoms with van der Waals surface area (Å²) in [4.78, 5) is 17.7. The molecule has 3 heterocycles. The van der Waals surface area contributed by atoms with Crippen molar-refractivity contribution in [2.45, 2.75) is 50.6 Å². The lowest BCUT2D eigenvalue weighted by atomic mass is 9.91. The summed E-state index contributed by atoms with van der Waals surface area (Å²) in [6, 6.07) is 3.06. The van der Waals surface area contributed by atoms with Crippen molar-refractivity contribution >= 4 is 17.2 Å². The van der Waals surface area contributed by atoms with Gasteiger partial charge in [-0.15, -0.1) is 0 Å². The number of carbonyl (C=O) groups is 1. The molecule has 5 heteroatoms. The van der Waals surface area contributed by atoms with Gasteiger partial charge in [0.25, 0.3) is 0 Å². The van der Waals surface area contributed by atoms with Crippen LogP contribution in [0.2, 0.25) is 0 Å². The van der Waals surface area contributed by atoms with Crippen molar-refractivity contribution in [3.05, 3.63) is 22.4 Å². The number of thiophene rings is 1. The topological polar surface area (TPSA) is 35.6 Å². The molecule has 132 valence electrons. The quantitative estimate of drug-likeness (QED) is 0.908. The lowest BCUT2D eigenvalue weighted by molar-refractivity contribution is -0.133. The van der Waals surface area contributed by atoms with Crippen LogP contribution in [0.3, 0.4) is 0 Å². The second kappa shape index (κ2) is 7.54. The Morgan fingerprint density at radius 1 is 1.21 bits per heavy atom. The summed E-state index contributed by atoms with van der Waals surface area (Å²) in [5.74, 6) is 0.949. The van der Waals surface area contributed by atoms with E-state index in [0.29, 0.717) is 11.8 Å². The van der Waals surface area contributed by atoms with E-state index in [0.717, 1.165) is 51.5 Å². The Labute approximate surface area is 149 Å². The zero-order valence-corrected chi connectivity index (χ0v) is 15.3. The molecule has 0 aromatic carbocycles. The molecule has 4 rings (SSSR count). The molecule has 1 aromatic heterocycles. The zero-order valence-electron chi connectivity index (χ0n) is 14.5. The van der Waals surface area contributed by atoms with Gasteiger partial charge in [-0.25, -0.2) is 0 Å². The zero-order chi connectivity index (χ0) is 16.4. The molecule has 2 aliphatic heterocycles. The van der Waals surface area contributed by atoms with Gasteiger partial charge in [-0.05, 0) is 67.0 Å². The number of hydrogen-bond donors (Lipinski definition) is 1. The normalized spacial score (nSPS) is 29.4. The molecule has 0 spiro atoms. The third kappa shape index (κ3) is 3.68. The Hall–Kier alpha value is -0.910. The van der Waals surface area contributed by atoms with E-state index in [-0.39, 0.29) is 6.04 Å². The van der Waals surface area contributed by atoms with Crippen LogP contribution in [0.4, 0.5) is 0 Å². The van der Waals surface area contributed by atoms with Crippen LogP contribution in [0.5, 0.6) is 0 Å². The number of hydrogen-bond acceptors (Lipinski definition) is 4. The number of rotatable bonds is 4. The second-order valence-electron chi connectivity index (χ2n) is 7.70. The van der Waals surface area contributed by atoms with Gasteiger partial charge in [0.1, 0.15) is 0 Å². The number of nitrogens with zero attached hydrogens (tertiary/aromatic N) is 2. The van der Waals surface area contributed by atoms with Crippen LogP contribution in [0.15, 0.2) is 16.8 Å². The van der Waals surface area contributed by atoms with Crippen molar-refractivity contribution in [3.63, 3.8) is 0 Å². The monoisotopic (exact) mass is 347 g/mol. The molecule has 2 saturated heterocycles. The first-order valence-corrected chi connectivity index (χ1v) is 10.5. The Bertz CT molecular complexity index is 543. The van der Waals surface area contributed by atoms with Crippen LogP contribution >= 0.6 is 11.3 Å². The van der Waals surface area contributed by atoms with E-state index in [1.807, 2.05) is 0 Å². The molecule has 0 bridgehead atoms. The third-order valence-corrected chi connectivity index (χ3v) is 6.79. The fraction of sp³-hybridized carbons (Fsp3) is 0.737. The summed E-state index contributed by atoms with van der Waals surface area (Å²) < 4.78 is 0. The minimum atomic E-state index is 0.0453. The molecule has 1 saturated carbocycles. The van der Waals surface area contributed by atoms with Gasteiger partial charge in [0.2, 0.25) is 5.91 Å². The van der Waals surface area contributed by atoms with Crippen molar-refractivity contribution < 1.29 is 4.79 Å². The van der Waals surface area contributed by atoms with E-state index < -0.39 is 0 Å². The van der Waals surface area contributed by atoms with Crippen molar-refractivity contribution in [1.82, 2.24) is 15.1 Å². The van der Waals surface area contributed by atoms with Gasteiger partial charge in [0.15, 0.2) is 0 Å². The van der Waals surface area contributed by atoms with E-state index in [4.69, 9.17) is 0 Å². The molecule has 2 atom stereocenters. The average molecular weight is 348 g/mol. The van der Waals surface area contributed by atoms with Crippen molar-refractivity contribution in [2.75, 3.05) is 32.7 Å². The largest absolute Gasteiger partial charge is 0.340 e. The first-order valence-electron chi connectivity index (χ1n) is 9.57. The summed E-state index contributed by atoms with van der Waals surface area (Å²) in [5, 5.41) is 7.87. The summed E-state index contributed by atoms with van der Waals surface area (Å²) in [6.07, 6.45) is 7.35. The molecule has 3 aliphatic rings. The molecule has 1 aliphatic carbocycles. The van der Waals surface area contributed by atoms with Gasteiger partial charge < -0.3 is 10.2 Å². The summed E-state index contributed by atoms with van der Waals surface area (Å²) in [5.41, 5.74) is 1.42. The SMILES string of the molecule is O=C(C1CC(Cc2ccsc2)CN1)N1CCCN(C2CCC2)CC1. The fourth-order valence-corrected chi connectivity index (χ4v) is 5.07. The van der Waals surface area contributed by atoms with Crippen LogP contribution in [-0.2, 0) is 11.2 Å². The highest BCUT2D eigenvalue weighted by Gasteiger charge is 2.34. The van der Waals surface area contributed by atoms with Crippen LogP contribution in [-0.4, -0.2) is 60.5 Å². The van der Waals surface area contributed by atoms with Gasteiger partial charge in [-0.1, -0.05) is 6.42 Å². The van der Waals surface area contributed by atoms with E-state index in [2.05, 4.69) is 31.9 Å². The fourth-order valence-electron chi connectivity index (χ4n) is 4.39. The van der Waals surface area contributed by atoms with Crippen LogP contribution < -0.4 is 5.32 Å². The standard InChI is InChI=1S/C19H29N3OS/c23-19(18-12-16(13-20-18)11-15-5-10-24-14-15)22-7-2-6-21(8-9-22)17-3-1-4-17/h5,10,14,16-18,20H,1-4,6-9,11-13H2. The third-order valence-electron chi connectivity index (χ3n) is 6.06. The molecule has 2 unspecified atom stereocenters. The highest BCUT2D eigenvalue weighted by atomic mass is 32.1. The van der Waals surface area contributed by atoms with Crippen LogP contribution in [0.1, 0.15) is 37.7 Å². The van der Waals surface area contributed by atoms with E-state index in [1.165, 1.54) is 31.4 Å². The molecular formula is C19H29N3OS. The highest BCUT2D eigenvalue weighted by Crippen LogP contribution is 2.26. The number of carbonyl (C=O) groups excluding carboxylic acids is 1. The highest BCUT2D eigenvalue weighted by molar-refractivity contribution is 7.07. The molecule has 0 radical (unpaired) electrons. The Morgan fingerprint density at radius 2 is 2.12 bits per heavy atom. The van der Waals surface area contributed by atoms with Crippen molar-refractivity contribution in [2.24, 2.45) is 5.92 Å². The molecular weight excluding hydrogens is 318 g/mol. The maximum absolute atomic E-state index is 12.9. The van der Waals surface area contributed by atoms with Gasteiger partial charge >= 0.3 is 0 Å². The minimum absolute atomic E-state index is 0.0453. The lowest BCUT2D eigenvalue weighted by Crippen LogP contribution is -2.46. The predicted molar refractivity (Wildman–Crippen MR) is 98.3 cm³/mol. The first kappa shape index (κ1) is 16.6. The Kier molecular flexibility index (Phi) is 5.20. The maximum atomic E-state index is 12.9. The Balaban J connectivity index is 1.27. The van der Waals surface area contributed by atoms with E-state index in [9.17, 15) is 4.79 Å². The van der Waals surface area contributed by atoms with Gasteiger partial charge in [-0.2, -0.15) is 11.3 Å². The maximum Gasteiger partial charge on any atom is 0.239 e. The number of nitrogens with one attached hydrogen (secondary N) is 1. The molecule has 4 nitrogen and oxygen atoms in total. The minimum Gasteiger partial charge on any atom is -0.340 e. The molecule has 3 fully saturated rings. The summed E-state index contributed by atoms with van der Waals surface area (Å²) in [6.45, 7) is 5.08. The smallest absolute Gasteiger partial charge is 0.239 e.